The third-order valence-corrected chi connectivity index (χ3v) is 16.8. The molecule has 292 valence electrons. The molecule has 3 atom stereocenters. The van der Waals surface area contributed by atoms with Gasteiger partial charge in [-0.3, -0.25) is 14.6 Å². The fraction of sp³-hybridized carbons (Fsp3) is 0.575. The summed E-state index contributed by atoms with van der Waals surface area (Å²) in [6.07, 6.45) is 2.31. The van der Waals surface area contributed by atoms with Crippen LogP contribution in [0, 0.1) is 5.92 Å². The van der Waals surface area contributed by atoms with Crippen LogP contribution >= 0.6 is 15.9 Å². The van der Waals surface area contributed by atoms with E-state index in [0.29, 0.717) is 48.3 Å². The highest BCUT2D eigenvalue weighted by atomic mass is 79.9. The van der Waals surface area contributed by atoms with Gasteiger partial charge >= 0.3 is 12.1 Å². The summed E-state index contributed by atoms with van der Waals surface area (Å²) < 4.78 is 15.9. The zero-order valence-electron chi connectivity index (χ0n) is 33.0. The van der Waals surface area contributed by atoms with Crippen molar-refractivity contribution in [1.29, 1.82) is 0 Å². The molecule has 0 radical (unpaired) electrons. The Labute approximate surface area is 324 Å². The van der Waals surface area contributed by atoms with Crippen LogP contribution in [0.1, 0.15) is 87.6 Å². The van der Waals surface area contributed by atoms with Crippen LogP contribution in [-0.4, -0.2) is 76.9 Å². The first-order valence-electron chi connectivity index (χ1n) is 18.8. The lowest BCUT2D eigenvalue weighted by atomic mass is 9.97. The number of aliphatic hydroxyl groups is 1. The molecule has 13 heteroatoms. The van der Waals surface area contributed by atoms with Crippen molar-refractivity contribution < 1.29 is 33.8 Å². The Hall–Kier alpha value is -3.39. The molecular formula is C40H59BrN4O7Si. The van der Waals surface area contributed by atoms with Crippen molar-refractivity contribution in [2.24, 2.45) is 5.92 Å². The number of hydrogen-bond acceptors (Lipinski definition) is 7. The number of rotatable bonds is 14. The van der Waals surface area contributed by atoms with Gasteiger partial charge in [0.25, 0.3) is 14.2 Å². The quantitative estimate of drug-likeness (QED) is 0.119. The average molecular weight is 816 g/mol. The summed E-state index contributed by atoms with van der Waals surface area (Å²) in [6.45, 7) is 21.7. The minimum Gasteiger partial charge on any atom is -0.543 e. The molecule has 4 N–H and O–H groups in total. The summed E-state index contributed by atoms with van der Waals surface area (Å²) >= 11 is 3.71. The Kier molecular flexibility index (Phi) is 13.9. The zero-order valence-corrected chi connectivity index (χ0v) is 35.5. The van der Waals surface area contributed by atoms with Crippen molar-refractivity contribution in [3.8, 4) is 16.9 Å². The number of ether oxygens (including phenoxy) is 1. The van der Waals surface area contributed by atoms with E-state index in [-0.39, 0.29) is 18.9 Å². The maximum absolute atomic E-state index is 14.2. The fourth-order valence-electron chi connectivity index (χ4n) is 7.73. The zero-order chi connectivity index (χ0) is 39.4. The number of benzene rings is 2. The second-order valence-corrected chi connectivity index (χ2v) is 22.7. The standard InChI is InChI=1S/C40H59BrN4O7Si/c1-24(2)53(25(3)4,26(5)6)52-31-17-28(16-30(19-31)29-13-14-32-33(41)22-44(36(32)20-29)21-27(7)23-46)18-35(42-39(50)51-40(8,9)10)37(47)45-15-11-12-34(43-45)38(48)49/h13-14,16-17,19-20,22,24-27,34-35,43,46H,11-12,15,18,21,23H2,1-10H3,(H,42,50)(H,48,49)/t27-,34-,35-/m0/s1. The largest absolute Gasteiger partial charge is 0.543 e. The van der Waals surface area contributed by atoms with Crippen molar-refractivity contribution in [3.05, 3.63) is 52.6 Å². The van der Waals surface area contributed by atoms with E-state index in [4.69, 9.17) is 9.16 Å². The maximum atomic E-state index is 14.2. The van der Waals surface area contributed by atoms with Crippen LogP contribution in [0.5, 0.6) is 5.75 Å². The molecule has 2 aromatic carbocycles. The topological polar surface area (TPSA) is 142 Å². The molecule has 1 aliphatic rings. The molecule has 3 aromatic rings. The number of nitrogens with one attached hydrogen (secondary N) is 2. The summed E-state index contributed by atoms with van der Waals surface area (Å²) in [5.41, 5.74) is 6.62. The van der Waals surface area contributed by atoms with E-state index in [0.717, 1.165) is 32.1 Å². The molecule has 2 amide bonds. The molecule has 53 heavy (non-hydrogen) atoms. The van der Waals surface area contributed by atoms with Gasteiger partial charge in [0.2, 0.25) is 0 Å². The molecule has 0 unspecified atom stereocenters. The Balaban J connectivity index is 1.86. The lowest BCUT2D eigenvalue weighted by Crippen LogP contribution is -2.60. The van der Waals surface area contributed by atoms with Crippen molar-refractivity contribution in [2.75, 3.05) is 13.2 Å². The van der Waals surface area contributed by atoms with Crippen molar-refractivity contribution in [1.82, 2.24) is 20.3 Å². The fourth-order valence-corrected chi connectivity index (χ4v) is 13.5. The van der Waals surface area contributed by atoms with Gasteiger partial charge in [0, 0.05) is 47.7 Å². The number of carboxylic acid groups (broad SMARTS) is 1. The number of aliphatic hydroxyl groups excluding tert-OH is 1. The maximum Gasteiger partial charge on any atom is 0.408 e. The highest BCUT2D eigenvalue weighted by molar-refractivity contribution is 9.10. The van der Waals surface area contributed by atoms with Crippen molar-refractivity contribution in [2.45, 2.75) is 129 Å². The van der Waals surface area contributed by atoms with E-state index < -0.39 is 44.0 Å². The van der Waals surface area contributed by atoms with Crippen LogP contribution in [0.4, 0.5) is 4.79 Å². The monoisotopic (exact) mass is 814 g/mol. The second-order valence-electron chi connectivity index (χ2n) is 16.5. The Morgan fingerprint density at radius 1 is 1.00 bits per heavy atom. The van der Waals surface area contributed by atoms with E-state index in [9.17, 15) is 24.6 Å². The van der Waals surface area contributed by atoms with Crippen LogP contribution < -0.4 is 15.2 Å². The number of alkyl carbamates (subject to hydrolysis) is 1. The summed E-state index contributed by atoms with van der Waals surface area (Å²) in [4.78, 5) is 39.2. The van der Waals surface area contributed by atoms with Gasteiger partial charge in [0.1, 0.15) is 23.4 Å². The van der Waals surface area contributed by atoms with Crippen LogP contribution in [0.3, 0.4) is 0 Å². The summed E-state index contributed by atoms with van der Waals surface area (Å²) in [6, 6.07) is 10.4. The number of hydrazine groups is 1. The number of carbonyl (C=O) groups excluding carboxylic acids is 2. The van der Waals surface area contributed by atoms with Gasteiger partial charge in [0.05, 0.1) is 0 Å². The first kappa shape index (κ1) is 42.3. The molecule has 11 nitrogen and oxygen atoms in total. The SMILES string of the molecule is CC(C)[Si](Oc1cc(C[C@H](NC(=O)OC(C)(C)C)C(=O)N2CCC[C@@H](C(=O)O)N2)cc(-c2ccc3c(Br)cn(C[C@H](C)CO)c3c2)c1)(C(C)C)C(C)C. The Morgan fingerprint density at radius 2 is 1.66 bits per heavy atom. The van der Waals surface area contributed by atoms with E-state index >= 15 is 0 Å². The Morgan fingerprint density at radius 3 is 2.25 bits per heavy atom. The predicted octanol–water partition coefficient (Wildman–Crippen LogP) is 8.27. The predicted molar refractivity (Wildman–Crippen MR) is 215 cm³/mol. The second kappa shape index (κ2) is 17.4. The van der Waals surface area contributed by atoms with Crippen LogP contribution in [0.25, 0.3) is 22.0 Å². The molecule has 2 heterocycles. The normalized spacial score (nSPS) is 16.7. The van der Waals surface area contributed by atoms with Gasteiger partial charge in [-0.05, 0) is 107 Å². The van der Waals surface area contributed by atoms with Crippen molar-refractivity contribution in [3.63, 3.8) is 0 Å². The van der Waals surface area contributed by atoms with Crippen LogP contribution in [0.2, 0.25) is 16.6 Å². The van der Waals surface area contributed by atoms with E-state index in [1.807, 2.05) is 25.3 Å². The first-order chi connectivity index (χ1) is 24.7. The number of carbonyl (C=O) groups is 3. The molecule has 1 aliphatic heterocycles. The lowest BCUT2D eigenvalue weighted by molar-refractivity contribution is -0.147. The van der Waals surface area contributed by atoms with Gasteiger partial charge in [-0.15, -0.1) is 0 Å². The number of aromatic nitrogens is 1. The molecular weight excluding hydrogens is 756 g/mol. The molecule has 0 spiro atoms. The first-order valence-corrected chi connectivity index (χ1v) is 21.7. The summed E-state index contributed by atoms with van der Waals surface area (Å²) in [5, 5.41) is 24.6. The van der Waals surface area contributed by atoms with Gasteiger partial charge in [-0.25, -0.2) is 10.2 Å². The number of nitrogens with zero attached hydrogens (tertiary/aromatic N) is 2. The highest BCUT2D eigenvalue weighted by Gasteiger charge is 2.47. The summed E-state index contributed by atoms with van der Waals surface area (Å²) in [5.74, 6) is -0.719. The minimum absolute atomic E-state index is 0.0674. The van der Waals surface area contributed by atoms with Gasteiger partial charge in [-0.1, -0.05) is 66.7 Å². The number of fused-ring (bicyclic) bond motifs is 1. The molecule has 1 aromatic heterocycles. The molecule has 0 aliphatic carbocycles. The lowest BCUT2D eigenvalue weighted by Gasteiger charge is -2.42. The van der Waals surface area contributed by atoms with Gasteiger partial charge < -0.3 is 29.3 Å². The third-order valence-electron chi connectivity index (χ3n) is 10.1. The minimum atomic E-state index is -2.41. The smallest absolute Gasteiger partial charge is 0.408 e. The van der Waals surface area contributed by atoms with Gasteiger partial charge in [0.15, 0.2) is 0 Å². The molecule has 0 bridgehead atoms. The van der Waals surface area contributed by atoms with Crippen LogP contribution in [0.15, 0.2) is 47.1 Å². The third kappa shape index (κ3) is 10.2. The number of carboxylic acids is 1. The number of aliphatic carboxylic acids is 1. The molecule has 1 fully saturated rings. The van der Waals surface area contributed by atoms with Crippen LogP contribution in [-0.2, 0) is 27.3 Å². The van der Waals surface area contributed by atoms with E-state index in [1.165, 1.54) is 5.01 Å². The molecule has 0 saturated carbocycles. The van der Waals surface area contributed by atoms with Gasteiger partial charge in [-0.2, -0.15) is 0 Å². The van der Waals surface area contributed by atoms with E-state index in [2.05, 4.69) is 97.0 Å². The average Bonchev–Trinajstić information content (AvgIpc) is 3.38. The highest BCUT2D eigenvalue weighted by Crippen LogP contribution is 2.44. The molecule has 1 saturated heterocycles. The number of amides is 2. The van der Waals surface area contributed by atoms with E-state index in [1.54, 1.807) is 20.8 Å². The molecule has 4 rings (SSSR count). The van der Waals surface area contributed by atoms with Crippen molar-refractivity contribution >= 4 is 53.1 Å². The Bertz CT molecular complexity index is 1750. The summed E-state index contributed by atoms with van der Waals surface area (Å²) in [7, 11) is -2.41. The number of hydrogen-bond donors (Lipinski definition) is 4. The number of halogens is 1.